The third kappa shape index (κ3) is 5.09. The molecule has 0 spiro atoms. The maximum absolute atomic E-state index is 5.94. The molecule has 1 nitrogen and oxygen atoms in total. The summed E-state index contributed by atoms with van der Waals surface area (Å²) in [7, 11) is 0. The average Bonchev–Trinajstić information content (AvgIpc) is 2.37. The zero-order valence-electron chi connectivity index (χ0n) is 11.6. The fourth-order valence-electron chi connectivity index (χ4n) is 3.02. The van der Waals surface area contributed by atoms with Gasteiger partial charge in [0.2, 0.25) is 0 Å². The molecule has 0 aliphatic heterocycles. The summed E-state index contributed by atoms with van der Waals surface area (Å²) in [6.45, 7) is 4.43. The van der Waals surface area contributed by atoms with Crippen LogP contribution in [-0.2, 0) is 6.54 Å². The fraction of sp³-hybridized carbons (Fsp3) is 0.625. The lowest BCUT2D eigenvalue weighted by Gasteiger charge is -2.26. The van der Waals surface area contributed by atoms with Crippen molar-refractivity contribution in [2.24, 2.45) is 11.8 Å². The molecule has 1 saturated carbocycles. The van der Waals surface area contributed by atoms with Crippen LogP contribution in [0.1, 0.15) is 44.6 Å². The second kappa shape index (κ2) is 7.66. The minimum Gasteiger partial charge on any atom is -0.313 e. The van der Waals surface area contributed by atoms with Crippen molar-refractivity contribution in [3.63, 3.8) is 0 Å². The molecule has 0 bridgehead atoms. The Morgan fingerprint density at radius 1 is 1.37 bits per heavy atom. The zero-order chi connectivity index (χ0) is 13.7. The summed E-state index contributed by atoms with van der Waals surface area (Å²) in [6.07, 6.45) is 7.02. The van der Waals surface area contributed by atoms with Gasteiger partial charge in [0.25, 0.3) is 0 Å². The molecule has 0 amide bonds. The Bertz CT molecular complexity index is 408. The highest BCUT2D eigenvalue weighted by Gasteiger charge is 2.18. The van der Waals surface area contributed by atoms with E-state index in [4.69, 9.17) is 11.6 Å². The number of rotatable bonds is 5. The second-order valence-electron chi connectivity index (χ2n) is 5.84. The average molecular weight is 345 g/mol. The van der Waals surface area contributed by atoms with Crippen LogP contribution in [0.25, 0.3) is 0 Å². The van der Waals surface area contributed by atoms with Crippen LogP contribution in [-0.4, -0.2) is 6.54 Å². The van der Waals surface area contributed by atoms with Gasteiger partial charge in [0.05, 0.1) is 0 Å². The van der Waals surface area contributed by atoms with E-state index in [2.05, 4.69) is 34.2 Å². The molecule has 2 rings (SSSR count). The van der Waals surface area contributed by atoms with Gasteiger partial charge in [-0.3, -0.25) is 0 Å². The molecule has 106 valence electrons. The Labute approximate surface area is 130 Å². The van der Waals surface area contributed by atoms with Gasteiger partial charge in [-0.1, -0.05) is 59.8 Å². The third-order valence-electron chi connectivity index (χ3n) is 4.10. The molecule has 1 aliphatic rings. The van der Waals surface area contributed by atoms with Crippen molar-refractivity contribution >= 4 is 27.5 Å². The van der Waals surface area contributed by atoms with E-state index in [1.165, 1.54) is 37.7 Å². The number of hydrogen-bond acceptors (Lipinski definition) is 1. The molecule has 3 heteroatoms. The Hall–Kier alpha value is -0.0500. The van der Waals surface area contributed by atoms with Crippen LogP contribution >= 0.6 is 27.5 Å². The van der Waals surface area contributed by atoms with Crippen LogP contribution < -0.4 is 5.32 Å². The van der Waals surface area contributed by atoms with E-state index < -0.39 is 0 Å². The van der Waals surface area contributed by atoms with Crippen molar-refractivity contribution < 1.29 is 0 Å². The first kappa shape index (κ1) is 15.3. The van der Waals surface area contributed by atoms with E-state index in [1.807, 2.05) is 12.1 Å². The van der Waals surface area contributed by atoms with Crippen LogP contribution in [0, 0.1) is 11.8 Å². The maximum atomic E-state index is 5.94. The minimum absolute atomic E-state index is 0.784. The van der Waals surface area contributed by atoms with E-state index in [0.29, 0.717) is 0 Å². The van der Waals surface area contributed by atoms with E-state index in [-0.39, 0.29) is 0 Å². The van der Waals surface area contributed by atoms with Gasteiger partial charge in [0, 0.05) is 16.0 Å². The summed E-state index contributed by atoms with van der Waals surface area (Å²) < 4.78 is 1.10. The van der Waals surface area contributed by atoms with Crippen molar-refractivity contribution in [1.29, 1.82) is 0 Å². The summed E-state index contributed by atoms with van der Waals surface area (Å²) in [6, 6.07) is 6.00. The van der Waals surface area contributed by atoms with E-state index in [0.717, 1.165) is 34.4 Å². The first-order valence-electron chi connectivity index (χ1n) is 7.30. The molecule has 0 heterocycles. The molecule has 0 saturated heterocycles. The van der Waals surface area contributed by atoms with Crippen molar-refractivity contribution in [3.8, 4) is 0 Å². The van der Waals surface area contributed by atoms with Gasteiger partial charge in [-0.05, 0) is 48.9 Å². The number of nitrogens with one attached hydrogen (secondary N) is 1. The van der Waals surface area contributed by atoms with Crippen LogP contribution in [0.5, 0.6) is 0 Å². The quantitative estimate of drug-likeness (QED) is 0.704. The van der Waals surface area contributed by atoms with Crippen LogP contribution in [0.15, 0.2) is 22.7 Å². The fourth-order valence-corrected chi connectivity index (χ4v) is 3.84. The third-order valence-corrected chi connectivity index (χ3v) is 5.08. The Kier molecular flexibility index (Phi) is 6.18. The van der Waals surface area contributed by atoms with Crippen LogP contribution in [0.4, 0.5) is 0 Å². The van der Waals surface area contributed by atoms with Crippen LogP contribution in [0.3, 0.4) is 0 Å². The van der Waals surface area contributed by atoms with Gasteiger partial charge < -0.3 is 5.32 Å². The Balaban J connectivity index is 1.69. The predicted molar refractivity (Wildman–Crippen MR) is 86.6 cm³/mol. The van der Waals surface area contributed by atoms with Crippen LogP contribution in [0.2, 0.25) is 5.02 Å². The molecular formula is C16H23BrClN. The van der Waals surface area contributed by atoms with E-state index in [9.17, 15) is 0 Å². The highest BCUT2D eigenvalue weighted by molar-refractivity contribution is 9.10. The lowest BCUT2D eigenvalue weighted by atomic mass is 9.81. The normalized spacial score (nSPS) is 23.5. The van der Waals surface area contributed by atoms with Gasteiger partial charge in [0.1, 0.15) is 0 Å². The molecule has 1 aromatic carbocycles. The second-order valence-corrected chi connectivity index (χ2v) is 7.13. The van der Waals surface area contributed by atoms with Gasteiger partial charge in [-0.25, -0.2) is 0 Å². The molecular weight excluding hydrogens is 322 g/mol. The van der Waals surface area contributed by atoms with Crippen molar-refractivity contribution in [1.82, 2.24) is 5.32 Å². The smallest absolute Gasteiger partial charge is 0.0417 e. The lowest BCUT2D eigenvalue weighted by molar-refractivity contribution is 0.267. The number of halogens is 2. The molecule has 0 aromatic heterocycles. The van der Waals surface area contributed by atoms with Crippen molar-refractivity contribution in [2.45, 2.75) is 45.6 Å². The zero-order valence-corrected chi connectivity index (χ0v) is 13.9. The Morgan fingerprint density at radius 3 is 2.95 bits per heavy atom. The molecule has 1 N–H and O–H groups in total. The highest BCUT2D eigenvalue weighted by atomic mass is 79.9. The van der Waals surface area contributed by atoms with Gasteiger partial charge in [0.15, 0.2) is 0 Å². The topological polar surface area (TPSA) is 12.0 Å². The summed E-state index contributed by atoms with van der Waals surface area (Å²) in [5.41, 5.74) is 1.28. The van der Waals surface area contributed by atoms with Crippen molar-refractivity contribution in [2.75, 3.05) is 6.54 Å². The first-order chi connectivity index (χ1) is 9.15. The summed E-state index contributed by atoms with van der Waals surface area (Å²) in [5, 5.41) is 4.34. The van der Waals surface area contributed by atoms with Gasteiger partial charge in [-0.15, -0.1) is 0 Å². The summed E-state index contributed by atoms with van der Waals surface area (Å²) in [5.74, 6) is 1.87. The van der Waals surface area contributed by atoms with E-state index >= 15 is 0 Å². The molecule has 19 heavy (non-hydrogen) atoms. The SMILES string of the molecule is CC1CCCC(CCNCc2ccc(Cl)cc2Br)C1. The first-order valence-corrected chi connectivity index (χ1v) is 8.47. The molecule has 1 fully saturated rings. The molecule has 1 aromatic rings. The molecule has 1 aliphatic carbocycles. The summed E-state index contributed by atoms with van der Waals surface area (Å²) >= 11 is 9.50. The largest absolute Gasteiger partial charge is 0.313 e. The minimum atomic E-state index is 0.784. The Morgan fingerprint density at radius 2 is 2.21 bits per heavy atom. The predicted octanol–water partition coefficient (Wildman–Crippen LogP) is 5.41. The molecule has 0 radical (unpaired) electrons. The van der Waals surface area contributed by atoms with Gasteiger partial charge >= 0.3 is 0 Å². The standard InChI is InChI=1S/C16H23BrClN/c1-12-3-2-4-13(9-12)7-8-19-11-14-5-6-15(18)10-16(14)17/h5-6,10,12-13,19H,2-4,7-9,11H2,1H3. The summed E-state index contributed by atoms with van der Waals surface area (Å²) in [4.78, 5) is 0. The molecule has 2 unspecified atom stereocenters. The number of benzene rings is 1. The van der Waals surface area contributed by atoms with Gasteiger partial charge in [-0.2, -0.15) is 0 Å². The molecule has 2 atom stereocenters. The van der Waals surface area contributed by atoms with Crippen molar-refractivity contribution in [3.05, 3.63) is 33.3 Å². The highest BCUT2D eigenvalue weighted by Crippen LogP contribution is 2.30. The van der Waals surface area contributed by atoms with E-state index in [1.54, 1.807) is 0 Å². The lowest BCUT2D eigenvalue weighted by Crippen LogP contribution is -2.21. The monoisotopic (exact) mass is 343 g/mol. The number of hydrogen-bond donors (Lipinski definition) is 1. The maximum Gasteiger partial charge on any atom is 0.0417 e.